The summed E-state index contributed by atoms with van der Waals surface area (Å²) in [7, 11) is 1.44. The molecule has 1 N–H and O–H groups in total. The molecular formula is C17H27FN2O2. The van der Waals surface area contributed by atoms with E-state index in [1.807, 2.05) is 38.7 Å². The smallest absolute Gasteiger partial charge is 0.234 e. The minimum atomic E-state index is -0.382. The Balaban J connectivity index is 2.65. The molecule has 0 fully saturated rings. The predicted octanol–water partition coefficient (Wildman–Crippen LogP) is 2.96. The van der Waals surface area contributed by atoms with Crippen LogP contribution < -0.4 is 10.1 Å². The van der Waals surface area contributed by atoms with Gasteiger partial charge in [0.05, 0.1) is 13.7 Å². The molecule has 0 aliphatic carbocycles. The van der Waals surface area contributed by atoms with Crippen LogP contribution >= 0.6 is 0 Å². The highest BCUT2D eigenvalue weighted by Gasteiger charge is 2.19. The van der Waals surface area contributed by atoms with E-state index in [4.69, 9.17) is 4.74 Å². The van der Waals surface area contributed by atoms with Gasteiger partial charge in [-0.05, 0) is 44.5 Å². The minimum absolute atomic E-state index is 0.0114. The van der Waals surface area contributed by atoms with Crippen LogP contribution in [0.3, 0.4) is 0 Å². The van der Waals surface area contributed by atoms with Gasteiger partial charge in [0.2, 0.25) is 5.91 Å². The molecule has 5 heteroatoms. The summed E-state index contributed by atoms with van der Waals surface area (Å²) in [4.78, 5) is 14.1. The molecular weight excluding hydrogens is 283 g/mol. The first-order valence-electron chi connectivity index (χ1n) is 7.67. The van der Waals surface area contributed by atoms with E-state index in [2.05, 4.69) is 5.32 Å². The summed E-state index contributed by atoms with van der Waals surface area (Å²) >= 11 is 0. The molecule has 22 heavy (non-hydrogen) atoms. The van der Waals surface area contributed by atoms with Crippen molar-refractivity contribution in [3.05, 3.63) is 29.6 Å². The molecule has 0 atom stereocenters. The molecule has 0 unspecified atom stereocenters. The highest BCUT2D eigenvalue weighted by atomic mass is 19.1. The Kier molecular flexibility index (Phi) is 6.81. The van der Waals surface area contributed by atoms with Crippen molar-refractivity contribution in [2.45, 2.75) is 46.2 Å². The average molecular weight is 310 g/mol. The van der Waals surface area contributed by atoms with Crippen LogP contribution in [0.25, 0.3) is 0 Å². The maximum Gasteiger partial charge on any atom is 0.234 e. The van der Waals surface area contributed by atoms with Crippen molar-refractivity contribution in [3.8, 4) is 5.75 Å². The monoisotopic (exact) mass is 310 g/mol. The molecule has 0 radical (unpaired) electrons. The van der Waals surface area contributed by atoms with Gasteiger partial charge >= 0.3 is 0 Å². The summed E-state index contributed by atoms with van der Waals surface area (Å²) in [6, 6.07) is 4.88. The lowest BCUT2D eigenvalue weighted by Crippen LogP contribution is -2.47. The van der Waals surface area contributed by atoms with Crippen LogP contribution in [0.15, 0.2) is 18.2 Å². The number of amides is 1. The van der Waals surface area contributed by atoms with E-state index in [1.165, 1.54) is 13.2 Å². The number of ether oxygens (including phenoxy) is 1. The Labute approximate surface area is 132 Å². The van der Waals surface area contributed by atoms with Crippen LogP contribution in [0, 0.1) is 5.82 Å². The lowest BCUT2D eigenvalue weighted by Gasteiger charge is -2.27. The summed E-state index contributed by atoms with van der Waals surface area (Å²) in [5.74, 6) is -0.162. The second kappa shape index (κ2) is 8.13. The number of rotatable bonds is 8. The number of nitrogens with zero attached hydrogens (tertiary/aromatic N) is 1. The molecule has 0 aromatic heterocycles. The van der Waals surface area contributed by atoms with Gasteiger partial charge in [0.25, 0.3) is 0 Å². The first-order valence-corrected chi connectivity index (χ1v) is 7.67. The molecule has 0 aliphatic rings. The molecule has 1 aromatic carbocycles. The van der Waals surface area contributed by atoms with Crippen molar-refractivity contribution in [3.63, 3.8) is 0 Å². The molecule has 0 saturated heterocycles. The highest BCUT2D eigenvalue weighted by molar-refractivity contribution is 5.78. The quantitative estimate of drug-likeness (QED) is 0.802. The third-order valence-corrected chi connectivity index (χ3v) is 3.80. The fourth-order valence-corrected chi connectivity index (χ4v) is 2.05. The number of hydrogen-bond acceptors (Lipinski definition) is 3. The van der Waals surface area contributed by atoms with Crippen molar-refractivity contribution >= 4 is 5.91 Å². The molecule has 0 saturated carbocycles. The predicted molar refractivity (Wildman–Crippen MR) is 86.4 cm³/mol. The van der Waals surface area contributed by atoms with E-state index in [-0.39, 0.29) is 23.0 Å². The molecule has 124 valence electrons. The van der Waals surface area contributed by atoms with Crippen LogP contribution in [0.4, 0.5) is 4.39 Å². The average Bonchev–Trinajstić information content (AvgIpc) is 2.46. The summed E-state index contributed by atoms with van der Waals surface area (Å²) in [6.07, 6.45) is 0.870. The SMILES string of the molecule is CCN(CC(=O)NC(C)(C)CC)Cc1ccc(OC)c(F)c1. The van der Waals surface area contributed by atoms with E-state index in [0.29, 0.717) is 19.6 Å². The Morgan fingerprint density at radius 1 is 1.36 bits per heavy atom. The van der Waals surface area contributed by atoms with Gasteiger partial charge in [-0.3, -0.25) is 9.69 Å². The number of carbonyl (C=O) groups excluding carboxylic acids is 1. The van der Waals surface area contributed by atoms with Crippen LogP contribution in [-0.2, 0) is 11.3 Å². The van der Waals surface area contributed by atoms with Gasteiger partial charge in [-0.1, -0.05) is 19.9 Å². The largest absolute Gasteiger partial charge is 0.494 e. The fourth-order valence-electron chi connectivity index (χ4n) is 2.05. The van der Waals surface area contributed by atoms with Gasteiger partial charge in [-0.25, -0.2) is 4.39 Å². The Morgan fingerprint density at radius 2 is 2.05 bits per heavy atom. The molecule has 0 aliphatic heterocycles. The van der Waals surface area contributed by atoms with E-state index in [0.717, 1.165) is 12.0 Å². The minimum Gasteiger partial charge on any atom is -0.494 e. The summed E-state index contributed by atoms with van der Waals surface area (Å²) in [5, 5.41) is 3.01. The molecule has 1 amide bonds. The number of methoxy groups -OCH3 is 1. The zero-order chi connectivity index (χ0) is 16.8. The number of carbonyl (C=O) groups is 1. The third-order valence-electron chi connectivity index (χ3n) is 3.80. The van der Waals surface area contributed by atoms with Gasteiger partial charge in [0, 0.05) is 12.1 Å². The number of halogens is 1. The number of likely N-dealkylation sites (N-methyl/N-ethyl adjacent to an activating group) is 1. The van der Waals surface area contributed by atoms with Crippen LogP contribution in [0.2, 0.25) is 0 Å². The van der Waals surface area contributed by atoms with Crippen LogP contribution in [0.1, 0.15) is 39.7 Å². The molecule has 1 aromatic rings. The Bertz CT molecular complexity index is 503. The van der Waals surface area contributed by atoms with Gasteiger partial charge in [0.15, 0.2) is 11.6 Å². The molecule has 1 rings (SSSR count). The first-order chi connectivity index (χ1) is 10.3. The Hall–Kier alpha value is -1.62. The maximum absolute atomic E-state index is 13.7. The van der Waals surface area contributed by atoms with E-state index >= 15 is 0 Å². The highest BCUT2D eigenvalue weighted by Crippen LogP contribution is 2.18. The number of nitrogens with one attached hydrogen (secondary N) is 1. The van der Waals surface area contributed by atoms with E-state index < -0.39 is 0 Å². The van der Waals surface area contributed by atoms with Crippen molar-refractivity contribution < 1.29 is 13.9 Å². The summed E-state index contributed by atoms with van der Waals surface area (Å²) in [5.41, 5.74) is 0.616. The molecule has 0 heterocycles. The lowest BCUT2D eigenvalue weighted by molar-refractivity contribution is -0.124. The zero-order valence-corrected chi connectivity index (χ0v) is 14.2. The second-order valence-corrected chi connectivity index (χ2v) is 6.06. The first kappa shape index (κ1) is 18.4. The van der Waals surface area contributed by atoms with Gasteiger partial charge in [-0.2, -0.15) is 0 Å². The number of hydrogen-bond donors (Lipinski definition) is 1. The molecule has 0 spiro atoms. The second-order valence-electron chi connectivity index (χ2n) is 6.06. The summed E-state index contributed by atoms with van der Waals surface area (Å²) in [6.45, 7) is 9.56. The van der Waals surface area contributed by atoms with Crippen LogP contribution in [-0.4, -0.2) is 36.5 Å². The van der Waals surface area contributed by atoms with Gasteiger partial charge < -0.3 is 10.1 Å². The van der Waals surface area contributed by atoms with E-state index in [1.54, 1.807) is 6.07 Å². The van der Waals surface area contributed by atoms with Crippen LogP contribution in [0.5, 0.6) is 5.75 Å². The molecule has 0 bridgehead atoms. The Morgan fingerprint density at radius 3 is 2.55 bits per heavy atom. The molecule has 4 nitrogen and oxygen atoms in total. The summed E-state index contributed by atoms with van der Waals surface area (Å²) < 4.78 is 18.6. The fraction of sp³-hybridized carbons (Fsp3) is 0.588. The third kappa shape index (κ3) is 5.64. The topological polar surface area (TPSA) is 41.6 Å². The normalized spacial score (nSPS) is 11.6. The number of benzene rings is 1. The lowest BCUT2D eigenvalue weighted by atomic mass is 10.0. The van der Waals surface area contributed by atoms with E-state index in [9.17, 15) is 9.18 Å². The van der Waals surface area contributed by atoms with Crippen molar-refractivity contribution in [2.24, 2.45) is 0 Å². The van der Waals surface area contributed by atoms with Gasteiger partial charge in [0.1, 0.15) is 0 Å². The zero-order valence-electron chi connectivity index (χ0n) is 14.2. The van der Waals surface area contributed by atoms with Gasteiger partial charge in [-0.15, -0.1) is 0 Å². The van der Waals surface area contributed by atoms with Crippen molar-refractivity contribution in [1.29, 1.82) is 0 Å². The van der Waals surface area contributed by atoms with Crippen molar-refractivity contribution in [1.82, 2.24) is 10.2 Å². The standard InChI is InChI=1S/C17H27FN2O2/c1-6-17(3,4)19-16(21)12-20(7-2)11-13-8-9-15(22-5)14(18)10-13/h8-10H,6-7,11-12H2,1-5H3,(H,19,21). The maximum atomic E-state index is 13.7. The van der Waals surface area contributed by atoms with Crippen molar-refractivity contribution in [2.75, 3.05) is 20.2 Å².